The van der Waals surface area contributed by atoms with Gasteiger partial charge in [0.15, 0.2) is 5.13 Å². The summed E-state index contributed by atoms with van der Waals surface area (Å²) in [6, 6.07) is 5.90. The summed E-state index contributed by atoms with van der Waals surface area (Å²) in [7, 11) is -3.62. The Kier molecular flexibility index (Phi) is 3.86. The number of nitrogens with one attached hydrogen (secondary N) is 2. The number of rotatable bonds is 4. The van der Waals surface area contributed by atoms with Crippen LogP contribution in [0.3, 0.4) is 0 Å². The molecule has 1 heterocycles. The number of aromatic nitrogens is 1. The van der Waals surface area contributed by atoms with Crippen molar-refractivity contribution in [3.8, 4) is 0 Å². The zero-order chi connectivity index (χ0) is 13.2. The van der Waals surface area contributed by atoms with Crippen LogP contribution in [0, 0.1) is 6.92 Å². The SMILES string of the molecule is Cc1csc(NNS(=O)(=O)c2ccc(Cl)cc2)n1. The van der Waals surface area contributed by atoms with E-state index in [9.17, 15) is 8.42 Å². The number of anilines is 1. The second-order valence-electron chi connectivity index (χ2n) is 3.48. The van der Waals surface area contributed by atoms with Crippen molar-refractivity contribution in [2.75, 3.05) is 5.43 Å². The molecular weight excluding hydrogens is 294 g/mol. The summed E-state index contributed by atoms with van der Waals surface area (Å²) >= 11 is 7.02. The maximum atomic E-state index is 11.9. The van der Waals surface area contributed by atoms with Gasteiger partial charge in [-0.05, 0) is 31.2 Å². The normalized spacial score (nSPS) is 11.4. The van der Waals surface area contributed by atoms with E-state index in [1.165, 1.54) is 35.6 Å². The third-order valence-corrected chi connectivity index (χ3v) is 4.43. The first kappa shape index (κ1) is 13.3. The van der Waals surface area contributed by atoms with Crippen molar-refractivity contribution in [3.63, 3.8) is 0 Å². The summed E-state index contributed by atoms with van der Waals surface area (Å²) in [6.07, 6.45) is 0. The van der Waals surface area contributed by atoms with Crippen molar-refractivity contribution in [1.29, 1.82) is 0 Å². The van der Waals surface area contributed by atoms with Crippen LogP contribution in [0.2, 0.25) is 5.02 Å². The topological polar surface area (TPSA) is 71.1 Å². The van der Waals surface area contributed by atoms with Crippen LogP contribution in [0.4, 0.5) is 5.13 Å². The van der Waals surface area contributed by atoms with Crippen LogP contribution >= 0.6 is 22.9 Å². The predicted molar refractivity (Wildman–Crippen MR) is 72.2 cm³/mol. The van der Waals surface area contributed by atoms with E-state index < -0.39 is 10.0 Å². The minimum absolute atomic E-state index is 0.132. The zero-order valence-electron chi connectivity index (χ0n) is 9.34. The van der Waals surface area contributed by atoms with Gasteiger partial charge in [0.2, 0.25) is 0 Å². The Hall–Kier alpha value is -1.15. The Bertz CT molecular complexity index is 637. The van der Waals surface area contributed by atoms with Crippen molar-refractivity contribution in [3.05, 3.63) is 40.4 Å². The molecule has 0 atom stereocenters. The minimum atomic E-state index is -3.62. The number of hydrogen-bond acceptors (Lipinski definition) is 5. The lowest BCUT2D eigenvalue weighted by Gasteiger charge is -2.06. The van der Waals surface area contributed by atoms with Crippen LogP contribution in [0.25, 0.3) is 0 Å². The smallest absolute Gasteiger partial charge is 0.257 e. The highest BCUT2D eigenvalue weighted by molar-refractivity contribution is 7.89. The van der Waals surface area contributed by atoms with Gasteiger partial charge in [-0.15, -0.1) is 16.2 Å². The van der Waals surface area contributed by atoms with Gasteiger partial charge in [-0.2, -0.15) is 0 Å². The summed E-state index contributed by atoms with van der Waals surface area (Å²) < 4.78 is 23.8. The number of hydrogen-bond donors (Lipinski definition) is 2. The van der Waals surface area contributed by atoms with Crippen LogP contribution in [-0.4, -0.2) is 13.4 Å². The van der Waals surface area contributed by atoms with Crippen LogP contribution in [-0.2, 0) is 10.0 Å². The standard InChI is InChI=1S/C10H10ClN3O2S2/c1-7-6-17-10(12-7)13-14-18(15,16)9-4-2-8(11)3-5-9/h2-6,14H,1H3,(H,12,13). The molecule has 0 fully saturated rings. The highest BCUT2D eigenvalue weighted by Crippen LogP contribution is 2.16. The van der Waals surface area contributed by atoms with Gasteiger partial charge in [0.05, 0.1) is 10.6 Å². The Morgan fingerprint density at radius 3 is 2.50 bits per heavy atom. The Balaban J connectivity index is 2.10. The van der Waals surface area contributed by atoms with E-state index in [0.717, 1.165) is 5.69 Å². The lowest BCUT2D eigenvalue weighted by atomic mass is 10.4. The monoisotopic (exact) mass is 303 g/mol. The number of halogens is 1. The summed E-state index contributed by atoms with van der Waals surface area (Å²) in [5.41, 5.74) is 3.38. The van der Waals surface area contributed by atoms with Gasteiger partial charge in [-0.1, -0.05) is 11.6 Å². The molecule has 18 heavy (non-hydrogen) atoms. The van der Waals surface area contributed by atoms with E-state index in [0.29, 0.717) is 10.2 Å². The van der Waals surface area contributed by atoms with E-state index in [2.05, 4.69) is 15.2 Å². The molecule has 5 nitrogen and oxygen atoms in total. The van der Waals surface area contributed by atoms with Gasteiger partial charge < -0.3 is 0 Å². The lowest BCUT2D eigenvalue weighted by Crippen LogP contribution is -2.29. The van der Waals surface area contributed by atoms with Crippen LogP contribution in [0.5, 0.6) is 0 Å². The van der Waals surface area contributed by atoms with Crippen molar-refractivity contribution in [2.45, 2.75) is 11.8 Å². The van der Waals surface area contributed by atoms with Gasteiger partial charge in [-0.25, -0.2) is 13.4 Å². The molecule has 0 aliphatic carbocycles. The Labute approximate surface area is 114 Å². The molecule has 0 radical (unpaired) electrons. The van der Waals surface area contributed by atoms with Gasteiger partial charge in [0.25, 0.3) is 10.0 Å². The second-order valence-corrected chi connectivity index (χ2v) is 6.46. The molecule has 1 aromatic carbocycles. The molecule has 0 aliphatic heterocycles. The van der Waals surface area contributed by atoms with Crippen molar-refractivity contribution in [2.24, 2.45) is 0 Å². The van der Waals surface area contributed by atoms with Gasteiger partial charge in [-0.3, -0.25) is 5.43 Å². The van der Waals surface area contributed by atoms with E-state index >= 15 is 0 Å². The number of nitrogens with zero attached hydrogens (tertiary/aromatic N) is 1. The fourth-order valence-electron chi connectivity index (χ4n) is 1.19. The van der Waals surface area contributed by atoms with E-state index in [1.807, 2.05) is 12.3 Å². The number of thiazole rings is 1. The molecule has 0 amide bonds. The molecule has 1 aromatic heterocycles. The lowest BCUT2D eigenvalue weighted by molar-refractivity contribution is 0.587. The number of hydrazine groups is 1. The first-order chi connectivity index (χ1) is 8.47. The van der Waals surface area contributed by atoms with Crippen molar-refractivity contribution in [1.82, 2.24) is 9.82 Å². The van der Waals surface area contributed by atoms with Gasteiger partial charge in [0, 0.05) is 10.4 Å². The first-order valence-corrected chi connectivity index (χ1v) is 7.67. The molecule has 0 unspecified atom stereocenters. The summed E-state index contributed by atoms with van der Waals surface area (Å²) in [5, 5.41) is 2.79. The predicted octanol–water partition coefficient (Wildman–Crippen LogP) is 2.41. The molecule has 8 heteroatoms. The van der Waals surface area contributed by atoms with E-state index in [1.54, 1.807) is 0 Å². The second kappa shape index (κ2) is 5.23. The Morgan fingerprint density at radius 1 is 1.28 bits per heavy atom. The molecule has 2 aromatic rings. The molecule has 2 N–H and O–H groups in total. The largest absolute Gasteiger partial charge is 0.283 e. The fraction of sp³-hybridized carbons (Fsp3) is 0.100. The minimum Gasteiger partial charge on any atom is -0.283 e. The van der Waals surface area contributed by atoms with Crippen LogP contribution < -0.4 is 10.3 Å². The zero-order valence-corrected chi connectivity index (χ0v) is 11.7. The van der Waals surface area contributed by atoms with Gasteiger partial charge >= 0.3 is 0 Å². The quantitative estimate of drug-likeness (QED) is 0.851. The molecule has 0 saturated carbocycles. The fourth-order valence-corrected chi connectivity index (χ4v) is 2.87. The summed E-state index contributed by atoms with van der Waals surface area (Å²) in [6.45, 7) is 1.83. The van der Waals surface area contributed by atoms with Crippen molar-refractivity contribution >= 4 is 38.1 Å². The highest BCUT2D eigenvalue weighted by atomic mass is 35.5. The summed E-state index contributed by atoms with van der Waals surface area (Å²) in [5.74, 6) is 0. The van der Waals surface area contributed by atoms with Crippen molar-refractivity contribution < 1.29 is 8.42 Å². The molecule has 0 aliphatic rings. The number of aryl methyl sites for hydroxylation is 1. The maximum absolute atomic E-state index is 11.9. The highest BCUT2D eigenvalue weighted by Gasteiger charge is 2.13. The third kappa shape index (κ3) is 3.20. The first-order valence-electron chi connectivity index (χ1n) is 4.93. The van der Waals surface area contributed by atoms with Crippen LogP contribution in [0.1, 0.15) is 5.69 Å². The molecule has 0 saturated heterocycles. The average molecular weight is 304 g/mol. The third-order valence-electron chi connectivity index (χ3n) is 2.04. The number of sulfonamides is 1. The van der Waals surface area contributed by atoms with Gasteiger partial charge in [0.1, 0.15) is 0 Å². The molecular formula is C10H10ClN3O2S2. The molecule has 2 rings (SSSR count). The maximum Gasteiger partial charge on any atom is 0.257 e. The molecule has 96 valence electrons. The summed E-state index contributed by atoms with van der Waals surface area (Å²) in [4.78, 5) is 6.46. The van der Waals surface area contributed by atoms with Crippen LogP contribution in [0.15, 0.2) is 34.5 Å². The molecule has 0 spiro atoms. The average Bonchev–Trinajstić information content (AvgIpc) is 2.73. The van der Waals surface area contributed by atoms with E-state index in [-0.39, 0.29) is 4.90 Å². The Morgan fingerprint density at radius 2 is 1.94 bits per heavy atom. The molecule has 0 bridgehead atoms. The number of benzene rings is 1. The van der Waals surface area contributed by atoms with E-state index in [4.69, 9.17) is 11.6 Å².